The highest BCUT2D eigenvalue weighted by Gasteiger charge is 2.77. The average Bonchev–Trinajstić information content (AvgIpc) is 3.40. The highest BCUT2D eigenvalue weighted by molar-refractivity contribution is 6.58. The average molecular weight is 747 g/mol. The molecule has 266 valence electrons. The number of carbonyl (C=O) groups is 5. The van der Waals surface area contributed by atoms with Gasteiger partial charge in [0.15, 0.2) is 33.0 Å². The number of nitrogens with zero attached hydrogens (tertiary/aromatic N) is 2. The summed E-state index contributed by atoms with van der Waals surface area (Å²) in [6, 6.07) is 2.17. The Morgan fingerprint density at radius 1 is 0.900 bits per heavy atom. The molecule has 2 aromatic carbocycles. The molecule has 6 unspecified atom stereocenters. The summed E-state index contributed by atoms with van der Waals surface area (Å²) < 4.78 is 84.3. The third kappa shape index (κ3) is 4.63. The number of hydrogen-bond donors (Lipinski definition) is 2. The molecule has 2 aromatic rings. The second kappa shape index (κ2) is 12.1. The standard InChI is InChI=1S/C32H25Cl2F5N2O9/c1-49-15-8-11(42)9-16(50-2)19(15)20-12-5-6-13-18(28(46)40(27(13)45)7-3-4-17(43)44)14(12)10-31(33)29(47)41(30(48)32(20,31)34)26-24(38)22(36)21(35)23(37)25(26)39/h5,8-9,13-14,18,20,42H,3-4,6-7,10H2,1-2H3,(H,43,44). The van der Waals surface area contributed by atoms with Crippen molar-refractivity contribution in [2.45, 2.75) is 41.3 Å². The van der Waals surface area contributed by atoms with Crippen molar-refractivity contribution in [2.75, 3.05) is 25.7 Å². The first-order chi connectivity index (χ1) is 23.5. The molecule has 1 saturated carbocycles. The molecule has 0 radical (unpaired) electrons. The van der Waals surface area contributed by atoms with Gasteiger partial charge in [-0.05, 0) is 25.2 Å². The Labute approximate surface area is 289 Å². The number of hydrogen-bond acceptors (Lipinski definition) is 8. The Kier molecular flexibility index (Phi) is 8.57. The molecule has 0 bridgehead atoms. The van der Waals surface area contributed by atoms with Gasteiger partial charge >= 0.3 is 5.97 Å². The number of carboxylic acid groups (broad SMARTS) is 1. The minimum absolute atomic E-state index is 0.0736. The Bertz CT molecular complexity index is 1890. The molecular formula is C32H25Cl2F5N2O9. The molecule has 2 heterocycles. The van der Waals surface area contributed by atoms with Crippen molar-refractivity contribution in [3.05, 3.63) is 58.4 Å². The van der Waals surface area contributed by atoms with E-state index in [1.807, 2.05) is 0 Å². The van der Waals surface area contributed by atoms with Crippen molar-refractivity contribution < 1.29 is 65.6 Å². The van der Waals surface area contributed by atoms with Gasteiger partial charge in [-0.15, -0.1) is 23.2 Å². The van der Waals surface area contributed by atoms with E-state index in [0.717, 1.165) is 31.3 Å². The number of benzene rings is 2. The monoisotopic (exact) mass is 746 g/mol. The van der Waals surface area contributed by atoms with Gasteiger partial charge in [0.1, 0.15) is 22.9 Å². The number of carboxylic acids is 1. The third-order valence-electron chi connectivity index (χ3n) is 9.90. The van der Waals surface area contributed by atoms with E-state index in [4.69, 9.17) is 37.8 Å². The van der Waals surface area contributed by atoms with Crippen molar-refractivity contribution in [1.82, 2.24) is 4.90 Å². The fourth-order valence-electron chi connectivity index (χ4n) is 7.77. The number of rotatable bonds is 8. The molecule has 6 rings (SSSR count). The predicted molar refractivity (Wildman–Crippen MR) is 161 cm³/mol. The van der Waals surface area contributed by atoms with Crippen molar-refractivity contribution >= 4 is 58.5 Å². The molecule has 50 heavy (non-hydrogen) atoms. The normalized spacial score (nSPS) is 28.8. The summed E-state index contributed by atoms with van der Waals surface area (Å²) >= 11 is 14.2. The van der Waals surface area contributed by atoms with Crippen LogP contribution >= 0.6 is 23.2 Å². The number of imide groups is 2. The second-order valence-corrected chi connectivity index (χ2v) is 13.5. The minimum Gasteiger partial charge on any atom is -0.508 e. The molecule has 2 aliphatic carbocycles. The number of phenolic OH excluding ortho intramolecular Hbond substituents is 1. The fraction of sp³-hybridized carbons (Fsp3) is 0.406. The van der Waals surface area contributed by atoms with E-state index in [1.54, 1.807) is 0 Å². The summed E-state index contributed by atoms with van der Waals surface area (Å²) in [6.45, 7) is -0.251. The van der Waals surface area contributed by atoms with Gasteiger partial charge in [-0.25, -0.2) is 26.9 Å². The number of aromatic hydroxyl groups is 1. The lowest BCUT2D eigenvalue weighted by Gasteiger charge is -2.51. The number of halogens is 7. The Balaban J connectivity index is 1.59. The number of amides is 4. The largest absolute Gasteiger partial charge is 0.508 e. The van der Waals surface area contributed by atoms with Crippen LogP contribution in [0.3, 0.4) is 0 Å². The predicted octanol–water partition coefficient (Wildman–Crippen LogP) is 4.53. The number of fused-ring (bicyclic) bond motifs is 4. The Morgan fingerprint density at radius 2 is 1.46 bits per heavy atom. The molecule has 6 atom stereocenters. The maximum Gasteiger partial charge on any atom is 0.303 e. The zero-order chi connectivity index (χ0) is 36.8. The van der Waals surface area contributed by atoms with E-state index in [-0.39, 0.29) is 53.3 Å². The van der Waals surface area contributed by atoms with Crippen LogP contribution < -0.4 is 14.4 Å². The lowest BCUT2D eigenvalue weighted by atomic mass is 9.56. The Hall–Kier alpha value is -4.44. The zero-order valence-corrected chi connectivity index (χ0v) is 27.4. The van der Waals surface area contributed by atoms with Crippen molar-refractivity contribution in [2.24, 2.45) is 17.8 Å². The molecule has 4 amide bonds. The van der Waals surface area contributed by atoms with Gasteiger partial charge in [0.2, 0.25) is 17.6 Å². The summed E-state index contributed by atoms with van der Waals surface area (Å²) in [4.78, 5) is 62.2. The maximum atomic E-state index is 15.2. The number of aliphatic carboxylic acids is 1. The first kappa shape index (κ1) is 35.4. The quantitative estimate of drug-likeness (QED) is 0.0992. The maximum absolute atomic E-state index is 15.2. The van der Waals surface area contributed by atoms with Crippen LogP contribution in [-0.2, 0) is 24.0 Å². The minimum atomic E-state index is -2.84. The summed E-state index contributed by atoms with van der Waals surface area (Å²) in [5.41, 5.74) is -1.94. The number of alkyl halides is 2. The summed E-state index contributed by atoms with van der Waals surface area (Å²) in [6.07, 6.45) is 0.194. The van der Waals surface area contributed by atoms with Crippen LogP contribution in [0.5, 0.6) is 17.2 Å². The number of likely N-dealkylation sites (tertiary alicyclic amines) is 1. The highest BCUT2D eigenvalue weighted by Crippen LogP contribution is 2.67. The topological polar surface area (TPSA) is 151 Å². The van der Waals surface area contributed by atoms with Gasteiger partial charge in [0, 0.05) is 36.6 Å². The van der Waals surface area contributed by atoms with Gasteiger partial charge in [-0.1, -0.05) is 11.6 Å². The lowest BCUT2D eigenvalue weighted by Crippen LogP contribution is -2.60. The summed E-state index contributed by atoms with van der Waals surface area (Å²) in [5, 5.41) is 19.4. The Morgan fingerprint density at radius 3 is 2.00 bits per heavy atom. The molecule has 11 nitrogen and oxygen atoms in total. The number of ether oxygens (including phenoxy) is 2. The molecule has 18 heteroatoms. The molecule has 0 aromatic heterocycles. The first-order valence-corrected chi connectivity index (χ1v) is 15.7. The summed E-state index contributed by atoms with van der Waals surface area (Å²) in [5.74, 6) is -24.5. The van der Waals surface area contributed by atoms with Gasteiger partial charge in [-0.3, -0.25) is 28.9 Å². The van der Waals surface area contributed by atoms with E-state index < -0.39 is 110 Å². The smallest absolute Gasteiger partial charge is 0.303 e. The van der Waals surface area contributed by atoms with Gasteiger partial charge in [0.25, 0.3) is 11.8 Å². The van der Waals surface area contributed by atoms with Crippen LogP contribution in [0, 0.1) is 46.8 Å². The zero-order valence-electron chi connectivity index (χ0n) is 25.9. The number of carbonyl (C=O) groups excluding carboxylic acids is 4. The SMILES string of the molecule is COc1cc(O)cc(OC)c1C1C2=CCC3C(=O)N(CCCC(=O)O)C(=O)C3C2CC2(Cl)C(=O)N(c3c(F)c(F)c(F)c(F)c3F)C(=O)C12Cl. The molecule has 2 N–H and O–H groups in total. The van der Waals surface area contributed by atoms with Crippen LogP contribution in [0.25, 0.3) is 0 Å². The van der Waals surface area contributed by atoms with E-state index in [1.165, 1.54) is 6.08 Å². The molecule has 0 spiro atoms. The van der Waals surface area contributed by atoms with E-state index in [2.05, 4.69) is 0 Å². The summed E-state index contributed by atoms with van der Waals surface area (Å²) in [7, 11) is 2.32. The number of allylic oxidation sites excluding steroid dienone is 2. The second-order valence-electron chi connectivity index (χ2n) is 12.3. The van der Waals surface area contributed by atoms with E-state index >= 15 is 8.78 Å². The number of anilines is 1. The molecular weight excluding hydrogens is 722 g/mol. The third-order valence-corrected chi connectivity index (χ3v) is 11.3. The van der Waals surface area contributed by atoms with Crippen molar-refractivity contribution in [1.29, 1.82) is 0 Å². The fourth-order valence-corrected chi connectivity index (χ4v) is 8.69. The molecule has 2 saturated heterocycles. The van der Waals surface area contributed by atoms with E-state index in [9.17, 15) is 42.3 Å². The van der Waals surface area contributed by atoms with Crippen LogP contribution in [-0.4, -0.2) is 75.2 Å². The van der Waals surface area contributed by atoms with Gasteiger partial charge in [0.05, 0.1) is 26.1 Å². The van der Waals surface area contributed by atoms with Crippen LogP contribution in [0.2, 0.25) is 0 Å². The molecule has 4 aliphatic rings. The van der Waals surface area contributed by atoms with Gasteiger partial charge in [-0.2, -0.15) is 0 Å². The van der Waals surface area contributed by atoms with E-state index in [0.29, 0.717) is 0 Å². The van der Waals surface area contributed by atoms with Crippen molar-refractivity contribution in [3.8, 4) is 17.2 Å². The lowest BCUT2D eigenvalue weighted by molar-refractivity contribution is -0.142. The first-order valence-electron chi connectivity index (χ1n) is 15.0. The number of methoxy groups -OCH3 is 2. The van der Waals surface area contributed by atoms with Gasteiger partial charge < -0.3 is 19.7 Å². The number of phenols is 1. The molecule has 2 aliphatic heterocycles. The van der Waals surface area contributed by atoms with Crippen LogP contribution in [0.1, 0.15) is 37.2 Å². The van der Waals surface area contributed by atoms with Crippen LogP contribution in [0.4, 0.5) is 27.6 Å². The van der Waals surface area contributed by atoms with Crippen LogP contribution in [0.15, 0.2) is 23.8 Å². The van der Waals surface area contributed by atoms with Crippen molar-refractivity contribution in [3.63, 3.8) is 0 Å². The highest BCUT2D eigenvalue weighted by atomic mass is 35.5. The molecule has 3 fully saturated rings.